The molecule has 0 spiro atoms. The fourth-order valence-corrected chi connectivity index (χ4v) is 2.85. The highest BCUT2D eigenvalue weighted by atomic mass is 32.1. The molecule has 0 aromatic heterocycles. The van der Waals surface area contributed by atoms with Gasteiger partial charge in [0.05, 0.1) is 0 Å². The van der Waals surface area contributed by atoms with Crippen LogP contribution < -0.4 is 16.0 Å². The minimum atomic E-state index is -0.477. The van der Waals surface area contributed by atoms with Crippen LogP contribution in [0.5, 0.6) is 0 Å². The van der Waals surface area contributed by atoms with Crippen molar-refractivity contribution < 1.29 is 9.59 Å². The van der Waals surface area contributed by atoms with Crippen LogP contribution >= 0.6 is 12.6 Å². The van der Waals surface area contributed by atoms with Crippen LogP contribution in [0.1, 0.15) is 33.1 Å². The lowest BCUT2D eigenvalue weighted by Gasteiger charge is -2.24. The van der Waals surface area contributed by atoms with E-state index in [0.717, 1.165) is 25.1 Å². The van der Waals surface area contributed by atoms with Gasteiger partial charge < -0.3 is 16.0 Å². The van der Waals surface area contributed by atoms with Crippen molar-refractivity contribution in [2.24, 2.45) is 11.8 Å². The molecule has 0 radical (unpaired) electrons. The zero-order valence-corrected chi connectivity index (χ0v) is 13.8. The zero-order chi connectivity index (χ0) is 15.8. The van der Waals surface area contributed by atoms with Crippen molar-refractivity contribution in [1.29, 1.82) is 0 Å². The van der Waals surface area contributed by atoms with Gasteiger partial charge in [0.2, 0.25) is 12.3 Å². The normalized spacial score (nSPS) is 20.8. The summed E-state index contributed by atoms with van der Waals surface area (Å²) in [7, 11) is 0. The van der Waals surface area contributed by atoms with E-state index in [1.165, 1.54) is 0 Å². The molecule has 1 aliphatic rings. The van der Waals surface area contributed by atoms with Crippen LogP contribution in [0.25, 0.3) is 0 Å². The first kappa shape index (κ1) is 17.9. The predicted octanol–water partition coefficient (Wildman–Crippen LogP) is 1.07. The Morgan fingerprint density at radius 1 is 1.57 bits per heavy atom. The molecular weight excluding hydrogens is 286 g/mol. The molecule has 2 amide bonds. The summed E-state index contributed by atoms with van der Waals surface area (Å²) in [5, 5.41) is 8.83. The summed E-state index contributed by atoms with van der Waals surface area (Å²) in [6.07, 6.45) is 3.09. The molecule has 21 heavy (non-hydrogen) atoms. The molecule has 5 nitrogen and oxygen atoms in total. The Hall–Kier alpha value is -1.17. The topological polar surface area (TPSA) is 70.2 Å². The van der Waals surface area contributed by atoms with Gasteiger partial charge in [0.1, 0.15) is 6.04 Å². The second kappa shape index (κ2) is 8.97. The van der Waals surface area contributed by atoms with Crippen molar-refractivity contribution in [2.45, 2.75) is 45.2 Å². The molecule has 3 N–H and O–H groups in total. The van der Waals surface area contributed by atoms with Gasteiger partial charge in [-0.25, -0.2) is 0 Å². The molecule has 1 heterocycles. The van der Waals surface area contributed by atoms with E-state index < -0.39 is 6.04 Å². The highest BCUT2D eigenvalue weighted by Crippen LogP contribution is 2.23. The van der Waals surface area contributed by atoms with E-state index in [9.17, 15) is 9.59 Å². The van der Waals surface area contributed by atoms with Gasteiger partial charge >= 0.3 is 0 Å². The number of hydrogen-bond donors (Lipinski definition) is 4. The van der Waals surface area contributed by atoms with Crippen molar-refractivity contribution in [3.05, 3.63) is 12.3 Å². The smallest absolute Gasteiger partial charge is 0.242 e. The largest absolute Gasteiger partial charge is 0.389 e. The van der Waals surface area contributed by atoms with Crippen molar-refractivity contribution >= 4 is 24.9 Å². The number of rotatable bonds is 9. The molecule has 0 aliphatic carbocycles. The Kier molecular flexibility index (Phi) is 7.64. The Morgan fingerprint density at radius 2 is 2.29 bits per heavy atom. The van der Waals surface area contributed by atoms with Crippen molar-refractivity contribution in [2.75, 3.05) is 12.3 Å². The summed E-state index contributed by atoms with van der Waals surface area (Å²) in [5.74, 6) is 1.16. The van der Waals surface area contributed by atoms with E-state index in [2.05, 4.69) is 35.2 Å². The van der Waals surface area contributed by atoms with Gasteiger partial charge in [-0.3, -0.25) is 9.59 Å². The molecule has 0 aromatic carbocycles. The maximum absolute atomic E-state index is 12.3. The first-order valence-electron chi connectivity index (χ1n) is 7.51. The Morgan fingerprint density at radius 3 is 2.76 bits per heavy atom. The van der Waals surface area contributed by atoms with Crippen LogP contribution in [0.2, 0.25) is 0 Å². The predicted molar refractivity (Wildman–Crippen MR) is 88.1 cm³/mol. The molecule has 0 bridgehead atoms. The molecule has 1 fully saturated rings. The first-order valence-corrected chi connectivity index (χ1v) is 8.14. The molecule has 6 heteroatoms. The Bertz CT molecular complexity index is 374. The maximum atomic E-state index is 12.3. The molecular formula is C15H27N3O2S. The van der Waals surface area contributed by atoms with Gasteiger partial charge in [0.15, 0.2) is 0 Å². The lowest BCUT2D eigenvalue weighted by molar-refractivity contribution is -0.126. The van der Waals surface area contributed by atoms with Crippen LogP contribution in [0, 0.1) is 11.8 Å². The van der Waals surface area contributed by atoms with Crippen molar-refractivity contribution in [1.82, 2.24) is 16.0 Å². The Labute approximate surface area is 132 Å². The number of thiol groups is 1. The van der Waals surface area contributed by atoms with Crippen molar-refractivity contribution in [3.63, 3.8) is 0 Å². The van der Waals surface area contributed by atoms with E-state index >= 15 is 0 Å². The highest BCUT2D eigenvalue weighted by molar-refractivity contribution is 7.80. The molecule has 120 valence electrons. The van der Waals surface area contributed by atoms with E-state index in [1.807, 2.05) is 13.8 Å². The van der Waals surface area contributed by atoms with Gasteiger partial charge in [0, 0.05) is 30.0 Å². The second-order valence-electron chi connectivity index (χ2n) is 6.03. The van der Waals surface area contributed by atoms with Gasteiger partial charge in [0.25, 0.3) is 0 Å². The zero-order valence-electron chi connectivity index (χ0n) is 12.9. The lowest BCUT2D eigenvalue weighted by Crippen LogP contribution is -2.49. The highest BCUT2D eigenvalue weighted by Gasteiger charge is 2.26. The van der Waals surface area contributed by atoms with Crippen LogP contribution in [-0.2, 0) is 9.59 Å². The van der Waals surface area contributed by atoms with Gasteiger partial charge in [-0.2, -0.15) is 12.6 Å². The molecule has 0 saturated carbocycles. The van der Waals surface area contributed by atoms with Crippen LogP contribution in [-0.4, -0.2) is 36.7 Å². The molecule has 1 aliphatic heterocycles. The molecule has 1 rings (SSSR count). The maximum Gasteiger partial charge on any atom is 0.242 e. The number of nitrogens with one attached hydrogen (secondary N) is 3. The minimum Gasteiger partial charge on any atom is -0.389 e. The molecule has 3 atom stereocenters. The summed E-state index contributed by atoms with van der Waals surface area (Å²) in [6.45, 7) is 8.99. The van der Waals surface area contributed by atoms with Gasteiger partial charge in [-0.1, -0.05) is 20.4 Å². The fraction of sp³-hybridized carbons (Fsp3) is 0.733. The average Bonchev–Trinajstić information content (AvgIpc) is 2.82. The number of amides is 2. The number of carbonyl (C=O) groups excluding carboxylic acids is 2. The van der Waals surface area contributed by atoms with E-state index in [4.69, 9.17) is 0 Å². The third kappa shape index (κ3) is 5.99. The lowest BCUT2D eigenvalue weighted by atomic mass is 9.97. The molecule has 1 saturated heterocycles. The van der Waals surface area contributed by atoms with Crippen LogP contribution in [0.4, 0.5) is 0 Å². The summed E-state index contributed by atoms with van der Waals surface area (Å²) < 4.78 is 0. The van der Waals surface area contributed by atoms with Crippen molar-refractivity contribution in [3.8, 4) is 0 Å². The number of carbonyl (C=O) groups is 2. The van der Waals surface area contributed by atoms with Crippen LogP contribution in [0.15, 0.2) is 12.3 Å². The average molecular weight is 313 g/mol. The van der Waals surface area contributed by atoms with E-state index in [-0.39, 0.29) is 11.9 Å². The number of allylic oxidation sites excluding steroid dienone is 1. The summed E-state index contributed by atoms with van der Waals surface area (Å²) in [5.41, 5.74) is 1.04. The summed E-state index contributed by atoms with van der Waals surface area (Å²) in [6, 6.07) is -0.486. The quantitative estimate of drug-likeness (QED) is 0.380. The molecule has 0 unspecified atom stereocenters. The van der Waals surface area contributed by atoms with Gasteiger partial charge in [-0.15, -0.1) is 0 Å². The fourth-order valence-electron chi connectivity index (χ4n) is 2.61. The third-order valence-corrected chi connectivity index (χ3v) is 4.21. The second-order valence-corrected chi connectivity index (χ2v) is 6.39. The van der Waals surface area contributed by atoms with E-state index in [0.29, 0.717) is 30.4 Å². The monoisotopic (exact) mass is 313 g/mol. The standard InChI is InChI=1S/C15H27N3O2S/c1-10(2)6-14(17-9-19)15(20)18-13(8-21)7-12-4-5-16-11(12)3/h9-10,12-14,16,21H,3-8H2,1-2H3,(H,17,19)(H,18,20)/t12-,13-,14-/m0/s1. The van der Waals surface area contributed by atoms with Crippen LogP contribution in [0.3, 0.4) is 0 Å². The Balaban J connectivity index is 2.54. The van der Waals surface area contributed by atoms with E-state index in [1.54, 1.807) is 0 Å². The summed E-state index contributed by atoms with van der Waals surface area (Å²) in [4.78, 5) is 22.9. The first-order chi connectivity index (χ1) is 9.97. The molecule has 0 aromatic rings. The minimum absolute atomic E-state index is 0.00871. The number of hydrogen-bond acceptors (Lipinski definition) is 4. The summed E-state index contributed by atoms with van der Waals surface area (Å²) >= 11 is 4.33. The van der Waals surface area contributed by atoms with Gasteiger partial charge in [-0.05, 0) is 25.2 Å². The SMILES string of the molecule is C=C1NCC[C@H]1C[C@@H](CS)NC(=O)[C@H](CC(C)C)NC=O. The third-order valence-electron chi connectivity index (χ3n) is 3.77.